The van der Waals surface area contributed by atoms with Gasteiger partial charge in [0, 0.05) is 18.2 Å². The first-order valence-corrected chi connectivity index (χ1v) is 9.57. The maximum absolute atomic E-state index is 13.5. The maximum atomic E-state index is 13.5. The Kier molecular flexibility index (Phi) is 7.09. The second-order valence-electron chi connectivity index (χ2n) is 6.91. The molecule has 7 nitrogen and oxygen atoms in total. The second kappa shape index (κ2) is 9.96. The predicted molar refractivity (Wildman–Crippen MR) is 112 cm³/mol. The quantitative estimate of drug-likeness (QED) is 0.259. The van der Waals surface area contributed by atoms with Crippen LogP contribution in [0.3, 0.4) is 0 Å². The fraction of sp³-hybridized carbons (Fsp3) is 0.0870. The van der Waals surface area contributed by atoms with Gasteiger partial charge in [-0.05, 0) is 53.1 Å². The fourth-order valence-electron chi connectivity index (χ4n) is 3.09. The predicted octanol–water partition coefficient (Wildman–Crippen LogP) is 3.11. The molecule has 0 saturated carbocycles. The third kappa shape index (κ3) is 5.18. The van der Waals surface area contributed by atoms with E-state index in [1.165, 1.54) is 61.1 Å². The molecule has 0 aromatic heterocycles. The summed E-state index contributed by atoms with van der Waals surface area (Å²) in [6, 6.07) is 11.7. The number of carbonyl (C=O) groups excluding carboxylic acids is 3. The van der Waals surface area contributed by atoms with E-state index in [1.54, 1.807) is 0 Å². The molecule has 33 heavy (non-hydrogen) atoms. The van der Waals surface area contributed by atoms with Crippen LogP contribution in [0.1, 0.15) is 32.3 Å². The van der Waals surface area contributed by atoms with E-state index in [-0.39, 0.29) is 22.6 Å². The van der Waals surface area contributed by atoms with Crippen LogP contribution in [0.5, 0.6) is 0 Å². The van der Waals surface area contributed by atoms with E-state index in [1.807, 2.05) is 0 Å². The molecular weight excluding hydrogens is 439 g/mol. The van der Waals surface area contributed by atoms with E-state index < -0.39 is 35.3 Å². The summed E-state index contributed by atoms with van der Waals surface area (Å²) in [4.78, 5) is 36.4. The van der Waals surface area contributed by atoms with Crippen LogP contribution in [0.4, 0.5) is 13.2 Å². The smallest absolute Gasteiger partial charge is 0.270 e. The van der Waals surface area contributed by atoms with Crippen LogP contribution in [0.25, 0.3) is 11.1 Å². The Bertz CT molecular complexity index is 1180. The van der Waals surface area contributed by atoms with Crippen molar-refractivity contribution in [2.75, 3.05) is 7.05 Å². The van der Waals surface area contributed by atoms with E-state index in [2.05, 4.69) is 10.6 Å². The lowest BCUT2D eigenvalue weighted by Crippen LogP contribution is -2.39. The largest absolute Gasteiger partial charge is 0.355 e. The van der Waals surface area contributed by atoms with E-state index in [0.717, 1.165) is 12.1 Å². The van der Waals surface area contributed by atoms with Crippen molar-refractivity contribution < 1.29 is 32.8 Å². The summed E-state index contributed by atoms with van der Waals surface area (Å²) >= 11 is 0. The molecule has 170 valence electrons. The number of hydrogen-bond acceptors (Lipinski definition) is 4. The van der Waals surface area contributed by atoms with Crippen molar-refractivity contribution in [3.63, 3.8) is 0 Å². The molecule has 3 aromatic carbocycles. The number of carbonyl (C=O) groups is 3. The Morgan fingerprint density at radius 3 is 1.79 bits per heavy atom. The fourth-order valence-corrected chi connectivity index (χ4v) is 3.09. The summed E-state index contributed by atoms with van der Waals surface area (Å²) in [6.45, 7) is 0. The van der Waals surface area contributed by atoms with Crippen molar-refractivity contribution in [2.45, 2.75) is 6.04 Å². The van der Waals surface area contributed by atoms with Gasteiger partial charge in [0.15, 0.2) is 17.5 Å². The number of benzene rings is 3. The van der Waals surface area contributed by atoms with E-state index in [4.69, 9.17) is 5.21 Å². The Balaban J connectivity index is 1.84. The molecule has 1 unspecified atom stereocenters. The highest BCUT2D eigenvalue weighted by Crippen LogP contribution is 2.26. The van der Waals surface area contributed by atoms with Crippen LogP contribution in [0.2, 0.25) is 0 Å². The van der Waals surface area contributed by atoms with Gasteiger partial charge in [-0.15, -0.1) is 0 Å². The zero-order valence-electron chi connectivity index (χ0n) is 17.2. The van der Waals surface area contributed by atoms with Crippen molar-refractivity contribution in [1.29, 1.82) is 0 Å². The van der Waals surface area contributed by atoms with Crippen molar-refractivity contribution in [3.8, 4) is 11.1 Å². The van der Waals surface area contributed by atoms with E-state index in [0.29, 0.717) is 11.1 Å². The minimum Gasteiger partial charge on any atom is -0.355 e. The Labute approximate surface area is 186 Å². The van der Waals surface area contributed by atoms with Crippen molar-refractivity contribution in [3.05, 3.63) is 94.8 Å². The van der Waals surface area contributed by atoms with Gasteiger partial charge in [0.1, 0.15) is 6.04 Å². The lowest BCUT2D eigenvalue weighted by molar-refractivity contribution is -0.131. The number of hydroxylamine groups is 1. The minimum absolute atomic E-state index is 0.0707. The minimum atomic E-state index is -1.58. The molecule has 0 fully saturated rings. The van der Waals surface area contributed by atoms with Gasteiger partial charge in [0.05, 0.1) is 0 Å². The number of amides is 3. The number of hydrogen-bond donors (Lipinski definition) is 4. The first-order chi connectivity index (χ1) is 15.7. The summed E-state index contributed by atoms with van der Waals surface area (Å²) in [7, 11) is 1.47. The number of halogens is 3. The van der Waals surface area contributed by atoms with Crippen LogP contribution in [-0.2, 0) is 4.79 Å². The molecule has 3 amide bonds. The van der Waals surface area contributed by atoms with E-state index >= 15 is 0 Å². The van der Waals surface area contributed by atoms with Gasteiger partial charge in [-0.25, -0.2) is 18.7 Å². The molecule has 4 N–H and O–H groups in total. The summed E-state index contributed by atoms with van der Waals surface area (Å²) in [6.07, 6.45) is 0. The van der Waals surface area contributed by atoms with Gasteiger partial charge in [0.25, 0.3) is 17.7 Å². The second-order valence-corrected chi connectivity index (χ2v) is 6.91. The molecule has 0 radical (unpaired) electrons. The monoisotopic (exact) mass is 457 g/mol. The van der Waals surface area contributed by atoms with Crippen molar-refractivity contribution in [2.24, 2.45) is 0 Å². The van der Waals surface area contributed by atoms with Crippen LogP contribution in [0.15, 0.2) is 60.7 Å². The SMILES string of the molecule is CNC(=O)c1ccc(C(=O)NC(C(=O)NO)c2ccc(-c3cc(F)c(F)c(F)c3)cc2)cc1. The number of nitrogens with one attached hydrogen (secondary N) is 3. The molecule has 3 aromatic rings. The molecule has 0 saturated heterocycles. The summed E-state index contributed by atoms with van der Waals surface area (Å²) in [5, 5.41) is 14.0. The highest BCUT2D eigenvalue weighted by molar-refractivity contribution is 5.99. The van der Waals surface area contributed by atoms with E-state index in [9.17, 15) is 27.6 Å². The molecule has 0 heterocycles. The van der Waals surface area contributed by atoms with Gasteiger partial charge in [-0.2, -0.15) is 0 Å². The molecule has 3 rings (SSSR count). The van der Waals surface area contributed by atoms with Gasteiger partial charge < -0.3 is 10.6 Å². The topological polar surface area (TPSA) is 108 Å². The third-order valence-electron chi connectivity index (χ3n) is 4.85. The van der Waals surface area contributed by atoms with Crippen LogP contribution < -0.4 is 16.1 Å². The highest BCUT2D eigenvalue weighted by atomic mass is 19.2. The maximum Gasteiger partial charge on any atom is 0.270 e. The molecule has 0 spiro atoms. The lowest BCUT2D eigenvalue weighted by Gasteiger charge is -2.18. The first kappa shape index (κ1) is 23.5. The molecule has 10 heteroatoms. The molecule has 0 aliphatic carbocycles. The lowest BCUT2D eigenvalue weighted by atomic mass is 9.99. The first-order valence-electron chi connectivity index (χ1n) is 9.57. The van der Waals surface area contributed by atoms with Crippen LogP contribution in [0, 0.1) is 17.5 Å². The highest BCUT2D eigenvalue weighted by Gasteiger charge is 2.23. The normalized spacial score (nSPS) is 11.4. The van der Waals surface area contributed by atoms with Crippen molar-refractivity contribution >= 4 is 17.7 Å². The Morgan fingerprint density at radius 1 is 0.788 bits per heavy atom. The summed E-state index contributed by atoms with van der Waals surface area (Å²) < 4.78 is 40.2. The van der Waals surface area contributed by atoms with Gasteiger partial charge in [0.2, 0.25) is 0 Å². The van der Waals surface area contributed by atoms with Crippen LogP contribution in [-0.4, -0.2) is 30.0 Å². The molecular formula is C23H18F3N3O4. The molecule has 0 aliphatic heterocycles. The van der Waals surface area contributed by atoms with Gasteiger partial charge >= 0.3 is 0 Å². The molecule has 0 bridgehead atoms. The zero-order valence-corrected chi connectivity index (χ0v) is 17.2. The Morgan fingerprint density at radius 2 is 1.30 bits per heavy atom. The standard InChI is InChI=1S/C23H18F3N3O4/c1-27-21(30)14-6-8-15(9-7-14)22(31)28-20(23(32)29-33)13-4-2-12(3-5-13)16-10-17(24)19(26)18(25)11-16/h2-11,20,33H,1H3,(H,27,30)(H,28,31)(H,29,32). The van der Waals surface area contributed by atoms with Gasteiger partial charge in [-0.3, -0.25) is 19.6 Å². The Hall–Kier alpha value is -4.18. The third-order valence-corrected chi connectivity index (χ3v) is 4.85. The molecule has 0 aliphatic rings. The average Bonchev–Trinajstić information content (AvgIpc) is 2.84. The van der Waals surface area contributed by atoms with Gasteiger partial charge in [-0.1, -0.05) is 24.3 Å². The summed E-state index contributed by atoms with van der Waals surface area (Å²) in [5.41, 5.74) is 2.62. The number of rotatable bonds is 6. The summed E-state index contributed by atoms with van der Waals surface area (Å²) in [5.74, 6) is -6.19. The van der Waals surface area contributed by atoms with Crippen molar-refractivity contribution in [1.82, 2.24) is 16.1 Å². The average molecular weight is 457 g/mol. The van der Waals surface area contributed by atoms with Crippen LogP contribution >= 0.6 is 0 Å². The molecule has 1 atom stereocenters. The zero-order chi connectivity index (χ0) is 24.1.